The molecule has 4 aromatic rings. The smallest absolute Gasteiger partial charge is 0.212 e. The zero-order valence-electron chi connectivity index (χ0n) is 19.3. The molecule has 154 valence electrons. The summed E-state index contributed by atoms with van der Waals surface area (Å²) in [4.78, 5) is 11.9. The monoisotopic (exact) mass is 398 g/mol. The van der Waals surface area contributed by atoms with E-state index in [4.69, 9.17) is 9.97 Å². The Hall–Kier alpha value is -3.14. The van der Waals surface area contributed by atoms with E-state index in [1.807, 2.05) is 20.3 Å². The third-order valence-electron chi connectivity index (χ3n) is 6.34. The van der Waals surface area contributed by atoms with Crippen molar-refractivity contribution in [1.29, 1.82) is 0 Å². The normalized spacial score (nSPS) is 11.3. The second-order valence-electron chi connectivity index (χ2n) is 8.61. The molecule has 0 atom stereocenters. The lowest BCUT2D eigenvalue weighted by molar-refractivity contribution is 0.959. The third kappa shape index (κ3) is 3.17. The van der Waals surface area contributed by atoms with Gasteiger partial charge in [-0.1, -0.05) is 12.1 Å². The molecule has 4 rings (SSSR count). The number of fused-ring (bicyclic) bond motifs is 1. The summed E-state index contributed by atoms with van der Waals surface area (Å²) in [6.45, 7) is 13.0. The Morgan fingerprint density at radius 3 is 1.83 bits per heavy atom. The summed E-state index contributed by atoms with van der Waals surface area (Å²) in [5.41, 5.74) is 13.0. The van der Waals surface area contributed by atoms with Crippen LogP contribution in [0.1, 0.15) is 33.4 Å². The Labute approximate surface area is 179 Å². The van der Waals surface area contributed by atoms with E-state index in [0.29, 0.717) is 0 Å². The molecule has 2 heterocycles. The number of anilines is 1. The summed E-state index contributed by atoms with van der Waals surface area (Å²) in [5.74, 6) is 0.883. The molecule has 0 aliphatic rings. The van der Waals surface area contributed by atoms with Crippen LogP contribution in [0.4, 0.5) is 5.95 Å². The van der Waals surface area contributed by atoms with E-state index in [-0.39, 0.29) is 0 Å². The minimum absolute atomic E-state index is 0.883. The van der Waals surface area contributed by atoms with E-state index in [1.165, 1.54) is 38.9 Å². The molecule has 0 amide bonds. The third-order valence-corrected chi connectivity index (χ3v) is 6.34. The number of imidazole rings is 1. The van der Waals surface area contributed by atoms with Gasteiger partial charge in [-0.15, -0.1) is 0 Å². The molecule has 0 fully saturated rings. The quantitative estimate of drug-likeness (QED) is 0.424. The van der Waals surface area contributed by atoms with Gasteiger partial charge in [-0.05, 0) is 98.7 Å². The average Bonchev–Trinajstić information content (AvgIpc) is 3.09. The highest BCUT2D eigenvalue weighted by atomic mass is 15.3. The topological polar surface area (TPSA) is 34.0 Å². The maximum Gasteiger partial charge on any atom is 0.212 e. The molecule has 0 spiro atoms. The Balaban J connectivity index is 2.04. The molecule has 0 saturated heterocycles. The summed E-state index contributed by atoms with van der Waals surface area (Å²) < 4.78 is 2.17. The first-order chi connectivity index (χ1) is 14.2. The Morgan fingerprint density at radius 1 is 0.767 bits per heavy atom. The van der Waals surface area contributed by atoms with Crippen LogP contribution in [0, 0.1) is 41.5 Å². The van der Waals surface area contributed by atoms with Crippen molar-refractivity contribution >= 4 is 17.1 Å². The van der Waals surface area contributed by atoms with E-state index >= 15 is 0 Å². The van der Waals surface area contributed by atoms with E-state index in [9.17, 15) is 0 Å². The van der Waals surface area contributed by atoms with Gasteiger partial charge in [0.05, 0.1) is 5.69 Å². The largest absolute Gasteiger partial charge is 0.348 e. The predicted octanol–water partition coefficient (Wildman–Crippen LogP) is 6.00. The molecule has 2 aromatic heterocycles. The SMILES string of the molecule is Cc1cc(-c2ccnc3c2nc(N(C)C)n3-c2cc(C)c(C)c(C)c2)cc(C)c1C. The van der Waals surface area contributed by atoms with Crippen LogP contribution in [-0.4, -0.2) is 28.6 Å². The van der Waals surface area contributed by atoms with Gasteiger partial charge in [0.25, 0.3) is 0 Å². The first kappa shape index (κ1) is 20.1. The highest BCUT2D eigenvalue weighted by Crippen LogP contribution is 2.34. The standard InChI is InChI=1S/C26H30N4/c1-15-11-21(12-16(2)19(15)5)23-9-10-27-25-24(23)28-26(29(7)8)30(25)22-13-17(3)20(6)18(4)14-22/h9-14H,1-8H3. The number of aromatic nitrogens is 3. The van der Waals surface area contributed by atoms with Crippen molar-refractivity contribution in [1.82, 2.24) is 14.5 Å². The van der Waals surface area contributed by atoms with Crippen LogP contribution in [0.3, 0.4) is 0 Å². The van der Waals surface area contributed by atoms with Gasteiger partial charge < -0.3 is 4.90 Å². The van der Waals surface area contributed by atoms with Crippen LogP contribution in [-0.2, 0) is 0 Å². The first-order valence-corrected chi connectivity index (χ1v) is 10.4. The molecule has 0 aliphatic heterocycles. The lowest BCUT2D eigenvalue weighted by Crippen LogP contribution is -2.15. The van der Waals surface area contributed by atoms with Crippen molar-refractivity contribution in [2.24, 2.45) is 0 Å². The fourth-order valence-electron chi connectivity index (χ4n) is 4.07. The van der Waals surface area contributed by atoms with Crippen LogP contribution < -0.4 is 4.90 Å². The van der Waals surface area contributed by atoms with Gasteiger partial charge in [0.15, 0.2) is 5.65 Å². The van der Waals surface area contributed by atoms with Crippen LogP contribution in [0.25, 0.3) is 28.0 Å². The lowest BCUT2D eigenvalue weighted by Gasteiger charge is -2.16. The van der Waals surface area contributed by atoms with Crippen molar-refractivity contribution in [3.05, 3.63) is 69.9 Å². The van der Waals surface area contributed by atoms with E-state index in [1.54, 1.807) is 0 Å². The van der Waals surface area contributed by atoms with Gasteiger partial charge in [0, 0.05) is 25.9 Å². The fraction of sp³-hybridized carbons (Fsp3) is 0.308. The van der Waals surface area contributed by atoms with Crippen LogP contribution in [0.5, 0.6) is 0 Å². The van der Waals surface area contributed by atoms with Gasteiger partial charge in [0.1, 0.15) is 5.52 Å². The molecule has 4 heteroatoms. The zero-order valence-corrected chi connectivity index (χ0v) is 19.3. The van der Waals surface area contributed by atoms with Crippen molar-refractivity contribution in [2.75, 3.05) is 19.0 Å². The van der Waals surface area contributed by atoms with Crippen LogP contribution >= 0.6 is 0 Å². The summed E-state index contributed by atoms with van der Waals surface area (Å²) in [7, 11) is 4.07. The maximum absolute atomic E-state index is 5.05. The number of hydrogen-bond acceptors (Lipinski definition) is 3. The molecule has 0 radical (unpaired) electrons. The molecule has 0 unspecified atom stereocenters. The molecule has 4 nitrogen and oxygen atoms in total. The molecule has 0 N–H and O–H groups in total. The highest BCUT2D eigenvalue weighted by molar-refractivity contribution is 5.93. The van der Waals surface area contributed by atoms with Crippen molar-refractivity contribution in [3.63, 3.8) is 0 Å². The summed E-state index contributed by atoms with van der Waals surface area (Å²) >= 11 is 0. The molecule has 0 saturated carbocycles. The van der Waals surface area contributed by atoms with E-state index in [2.05, 4.69) is 81.3 Å². The minimum atomic E-state index is 0.883. The van der Waals surface area contributed by atoms with E-state index in [0.717, 1.165) is 28.4 Å². The number of rotatable bonds is 3. The van der Waals surface area contributed by atoms with Gasteiger partial charge in [-0.25, -0.2) is 9.97 Å². The Kier molecular flexibility index (Phi) is 4.89. The van der Waals surface area contributed by atoms with Crippen LogP contribution in [0.2, 0.25) is 0 Å². The molecule has 30 heavy (non-hydrogen) atoms. The van der Waals surface area contributed by atoms with Gasteiger partial charge in [0.2, 0.25) is 5.95 Å². The van der Waals surface area contributed by atoms with Crippen LogP contribution in [0.15, 0.2) is 36.5 Å². The second kappa shape index (κ2) is 7.28. The summed E-state index contributed by atoms with van der Waals surface area (Å²) in [5, 5.41) is 0. The maximum atomic E-state index is 5.05. The fourth-order valence-corrected chi connectivity index (χ4v) is 4.07. The first-order valence-electron chi connectivity index (χ1n) is 10.4. The van der Waals surface area contributed by atoms with Crippen molar-refractivity contribution in [3.8, 4) is 16.8 Å². The number of pyridine rings is 1. The van der Waals surface area contributed by atoms with Gasteiger partial charge >= 0.3 is 0 Å². The number of nitrogens with zero attached hydrogens (tertiary/aromatic N) is 4. The van der Waals surface area contributed by atoms with Gasteiger partial charge in [-0.3, -0.25) is 4.57 Å². The molecular weight excluding hydrogens is 368 g/mol. The summed E-state index contributed by atoms with van der Waals surface area (Å²) in [6, 6.07) is 11.0. The molecular formula is C26H30N4. The van der Waals surface area contributed by atoms with E-state index < -0.39 is 0 Å². The minimum Gasteiger partial charge on any atom is -0.348 e. The molecule has 0 bridgehead atoms. The number of hydrogen-bond donors (Lipinski definition) is 0. The van der Waals surface area contributed by atoms with Crippen molar-refractivity contribution in [2.45, 2.75) is 41.5 Å². The Morgan fingerprint density at radius 2 is 1.30 bits per heavy atom. The second-order valence-corrected chi connectivity index (χ2v) is 8.61. The predicted molar refractivity (Wildman–Crippen MR) is 127 cm³/mol. The number of benzene rings is 2. The lowest BCUT2D eigenvalue weighted by atomic mass is 9.96. The van der Waals surface area contributed by atoms with Gasteiger partial charge in [-0.2, -0.15) is 0 Å². The van der Waals surface area contributed by atoms with Crippen molar-refractivity contribution < 1.29 is 0 Å². The highest BCUT2D eigenvalue weighted by Gasteiger charge is 2.19. The molecule has 0 aliphatic carbocycles. The average molecular weight is 399 g/mol. The molecule has 2 aromatic carbocycles. The summed E-state index contributed by atoms with van der Waals surface area (Å²) in [6.07, 6.45) is 1.90. The Bertz CT molecular complexity index is 1230. The number of aryl methyl sites for hydroxylation is 4. The zero-order chi connectivity index (χ0) is 21.7.